The van der Waals surface area contributed by atoms with Crippen molar-refractivity contribution in [3.8, 4) is 0 Å². The van der Waals surface area contributed by atoms with Gasteiger partial charge in [0.25, 0.3) is 0 Å². The zero-order chi connectivity index (χ0) is 16.7. The summed E-state index contributed by atoms with van der Waals surface area (Å²) in [5.41, 5.74) is 4.09. The molecule has 2 heteroatoms. The van der Waals surface area contributed by atoms with Crippen molar-refractivity contribution in [1.82, 2.24) is 4.98 Å². The van der Waals surface area contributed by atoms with E-state index in [0.717, 1.165) is 40.5 Å². The summed E-state index contributed by atoms with van der Waals surface area (Å²) in [6.07, 6.45) is 13.4. The highest BCUT2D eigenvalue weighted by Gasteiger charge is 2.10. The third kappa shape index (κ3) is 4.43. The Labute approximate surface area is 137 Å². The van der Waals surface area contributed by atoms with Gasteiger partial charge in [-0.15, -0.1) is 6.58 Å². The molecule has 3 rings (SSSR count). The first-order valence-electron chi connectivity index (χ1n) is 7.89. The normalized spacial score (nSPS) is 14.0. The Morgan fingerprint density at radius 1 is 1.22 bits per heavy atom. The molecule has 0 saturated carbocycles. The first-order valence-corrected chi connectivity index (χ1v) is 7.89. The summed E-state index contributed by atoms with van der Waals surface area (Å²) in [4.78, 5) is 15.4. The molecule has 1 aliphatic rings. The van der Waals surface area contributed by atoms with E-state index >= 15 is 0 Å². The highest BCUT2D eigenvalue weighted by molar-refractivity contribution is 6.09. The second-order valence-electron chi connectivity index (χ2n) is 5.51. The van der Waals surface area contributed by atoms with Crippen molar-refractivity contribution >= 4 is 22.8 Å². The maximum atomic E-state index is 12.2. The van der Waals surface area contributed by atoms with Crippen LogP contribution in [0.2, 0.25) is 0 Å². The monoisotopic (exact) mass is 305 g/mol. The first kappa shape index (κ1) is 16.8. The maximum Gasteiger partial charge on any atom is 0.185 e. The van der Waals surface area contributed by atoms with Gasteiger partial charge in [0.1, 0.15) is 0 Å². The summed E-state index contributed by atoms with van der Waals surface area (Å²) >= 11 is 0. The van der Waals surface area contributed by atoms with Gasteiger partial charge in [0.15, 0.2) is 5.78 Å². The van der Waals surface area contributed by atoms with Crippen molar-refractivity contribution in [3.05, 3.63) is 78.1 Å². The number of hydrogen-bond acceptors (Lipinski definition) is 1. The number of H-pyrrole nitrogens is 1. The molecule has 0 radical (unpaired) electrons. The Bertz CT molecular complexity index is 787. The van der Waals surface area contributed by atoms with Crippen LogP contribution in [0, 0.1) is 0 Å². The molecule has 1 aliphatic carbocycles. The SMILES string of the molecule is C=CC.CC1=CCCC=C1C(=O)/C=C/c1ccc2[nH]ccc2c1. The van der Waals surface area contributed by atoms with Crippen molar-refractivity contribution < 1.29 is 4.79 Å². The van der Waals surface area contributed by atoms with Gasteiger partial charge < -0.3 is 4.98 Å². The number of allylic oxidation sites excluding steroid dienone is 6. The molecule has 0 bridgehead atoms. The summed E-state index contributed by atoms with van der Waals surface area (Å²) in [6.45, 7) is 7.25. The summed E-state index contributed by atoms with van der Waals surface area (Å²) in [7, 11) is 0. The number of ketones is 1. The van der Waals surface area contributed by atoms with Gasteiger partial charge in [-0.3, -0.25) is 4.79 Å². The fourth-order valence-electron chi connectivity index (χ4n) is 2.53. The number of nitrogens with one attached hydrogen (secondary N) is 1. The largest absolute Gasteiger partial charge is 0.361 e. The summed E-state index contributed by atoms with van der Waals surface area (Å²) in [5, 5.41) is 1.16. The molecule has 0 fully saturated rings. The van der Waals surface area contributed by atoms with E-state index in [4.69, 9.17) is 0 Å². The molecule has 1 N–H and O–H groups in total. The second-order valence-corrected chi connectivity index (χ2v) is 5.51. The Hall–Kier alpha value is -2.61. The lowest BCUT2D eigenvalue weighted by molar-refractivity contribution is -0.111. The van der Waals surface area contributed by atoms with Crippen LogP contribution >= 0.6 is 0 Å². The highest BCUT2D eigenvalue weighted by Crippen LogP contribution is 2.20. The molecule has 0 atom stereocenters. The lowest BCUT2D eigenvalue weighted by Gasteiger charge is -2.09. The average Bonchev–Trinajstić information content (AvgIpc) is 3.01. The highest BCUT2D eigenvalue weighted by atomic mass is 16.1. The van der Waals surface area contributed by atoms with E-state index in [2.05, 4.69) is 23.7 Å². The number of aromatic nitrogens is 1. The van der Waals surface area contributed by atoms with E-state index in [0.29, 0.717) is 0 Å². The minimum Gasteiger partial charge on any atom is -0.361 e. The smallest absolute Gasteiger partial charge is 0.185 e. The van der Waals surface area contributed by atoms with E-state index in [9.17, 15) is 4.79 Å². The number of hydrogen-bond donors (Lipinski definition) is 1. The third-order valence-electron chi connectivity index (χ3n) is 3.66. The van der Waals surface area contributed by atoms with Crippen LogP contribution < -0.4 is 0 Å². The molecule has 0 aliphatic heterocycles. The molecule has 0 unspecified atom stereocenters. The Kier molecular flexibility index (Phi) is 5.93. The van der Waals surface area contributed by atoms with Gasteiger partial charge in [0, 0.05) is 17.3 Å². The van der Waals surface area contributed by atoms with Gasteiger partial charge in [-0.1, -0.05) is 30.4 Å². The predicted molar refractivity (Wildman–Crippen MR) is 99.3 cm³/mol. The average molecular weight is 305 g/mol. The molecule has 0 saturated heterocycles. The summed E-state index contributed by atoms with van der Waals surface area (Å²) in [5.74, 6) is 0.0904. The summed E-state index contributed by atoms with van der Waals surface area (Å²) in [6, 6.07) is 8.16. The predicted octanol–water partition coefficient (Wildman–Crippen LogP) is 5.61. The third-order valence-corrected chi connectivity index (χ3v) is 3.66. The molecule has 118 valence electrons. The Balaban J connectivity index is 0.000000595. The summed E-state index contributed by atoms with van der Waals surface area (Å²) < 4.78 is 0. The minimum absolute atomic E-state index is 0.0904. The number of fused-ring (bicyclic) bond motifs is 1. The van der Waals surface area contributed by atoms with Gasteiger partial charge in [-0.05, 0) is 67.5 Å². The molecule has 0 spiro atoms. The standard InChI is InChI=1S/C18H17NO.C3H6/c1-13-4-2-3-5-16(13)18(20)9-7-14-6-8-17-15(12-14)10-11-19-17;1-3-2/h4-12,19H,2-3H2,1H3;3H,1H2,2H3/b9-7+;. The van der Waals surface area contributed by atoms with Crippen LogP contribution in [-0.4, -0.2) is 10.8 Å². The molecule has 1 aromatic heterocycles. The van der Waals surface area contributed by atoms with Crippen LogP contribution in [0.3, 0.4) is 0 Å². The Morgan fingerprint density at radius 3 is 2.70 bits per heavy atom. The molecular formula is C21H23NO. The van der Waals surface area contributed by atoms with E-state index in [-0.39, 0.29) is 5.78 Å². The van der Waals surface area contributed by atoms with E-state index in [1.807, 2.05) is 50.4 Å². The van der Waals surface area contributed by atoms with Crippen molar-refractivity contribution in [2.24, 2.45) is 0 Å². The lowest BCUT2D eigenvalue weighted by atomic mass is 9.95. The lowest BCUT2D eigenvalue weighted by Crippen LogP contribution is -2.02. The zero-order valence-electron chi connectivity index (χ0n) is 13.8. The Morgan fingerprint density at radius 2 is 1.96 bits per heavy atom. The second kappa shape index (κ2) is 8.14. The maximum absolute atomic E-state index is 12.2. The molecular weight excluding hydrogens is 282 g/mol. The van der Waals surface area contributed by atoms with Crippen LogP contribution in [0.1, 0.15) is 32.3 Å². The molecule has 2 aromatic rings. The quantitative estimate of drug-likeness (QED) is 0.580. The molecule has 1 heterocycles. The zero-order valence-corrected chi connectivity index (χ0v) is 13.8. The number of carbonyl (C=O) groups is 1. The number of rotatable bonds is 3. The van der Waals surface area contributed by atoms with Gasteiger partial charge in [-0.25, -0.2) is 0 Å². The van der Waals surface area contributed by atoms with Crippen LogP contribution in [0.5, 0.6) is 0 Å². The van der Waals surface area contributed by atoms with Crippen LogP contribution in [0.25, 0.3) is 17.0 Å². The fourth-order valence-corrected chi connectivity index (χ4v) is 2.53. The van der Waals surface area contributed by atoms with Crippen LogP contribution in [0.4, 0.5) is 0 Å². The molecule has 1 aromatic carbocycles. The number of aromatic amines is 1. The molecule has 0 amide bonds. The fraction of sp³-hybridized carbons (Fsp3) is 0.190. The van der Waals surface area contributed by atoms with E-state index in [1.165, 1.54) is 0 Å². The van der Waals surface area contributed by atoms with Crippen molar-refractivity contribution in [2.75, 3.05) is 0 Å². The van der Waals surface area contributed by atoms with Gasteiger partial charge in [0.2, 0.25) is 0 Å². The molecule has 2 nitrogen and oxygen atoms in total. The van der Waals surface area contributed by atoms with Crippen molar-refractivity contribution in [1.29, 1.82) is 0 Å². The van der Waals surface area contributed by atoms with E-state index < -0.39 is 0 Å². The van der Waals surface area contributed by atoms with Crippen molar-refractivity contribution in [3.63, 3.8) is 0 Å². The minimum atomic E-state index is 0.0904. The van der Waals surface area contributed by atoms with Crippen LogP contribution in [0.15, 0.2) is 72.5 Å². The number of carbonyl (C=O) groups excluding carboxylic acids is 1. The first-order chi connectivity index (χ1) is 11.2. The van der Waals surface area contributed by atoms with Gasteiger partial charge >= 0.3 is 0 Å². The topological polar surface area (TPSA) is 32.9 Å². The van der Waals surface area contributed by atoms with E-state index in [1.54, 1.807) is 12.2 Å². The van der Waals surface area contributed by atoms with Gasteiger partial charge in [0.05, 0.1) is 0 Å². The number of benzene rings is 1. The van der Waals surface area contributed by atoms with Crippen LogP contribution in [-0.2, 0) is 4.79 Å². The van der Waals surface area contributed by atoms with Gasteiger partial charge in [-0.2, -0.15) is 0 Å². The molecule has 23 heavy (non-hydrogen) atoms. The van der Waals surface area contributed by atoms with Crippen molar-refractivity contribution in [2.45, 2.75) is 26.7 Å².